The van der Waals surface area contributed by atoms with E-state index in [2.05, 4.69) is 21.0 Å². The van der Waals surface area contributed by atoms with Gasteiger partial charge >= 0.3 is 0 Å². The van der Waals surface area contributed by atoms with E-state index >= 15 is 0 Å². The van der Waals surface area contributed by atoms with Gasteiger partial charge in [0.1, 0.15) is 0 Å². The van der Waals surface area contributed by atoms with E-state index in [1.165, 1.54) is 6.42 Å². The van der Waals surface area contributed by atoms with Crippen LogP contribution in [0.15, 0.2) is 5.10 Å². The molecule has 88 valence electrons. The Morgan fingerprint density at radius 3 is 3.13 bits per heavy atom. The maximum Gasteiger partial charge on any atom is 0.157 e. The van der Waals surface area contributed by atoms with Crippen LogP contribution < -0.4 is 0 Å². The van der Waals surface area contributed by atoms with Gasteiger partial charge in [-0.15, -0.1) is 0 Å². The molecule has 0 aromatic carbocycles. The zero-order chi connectivity index (χ0) is 10.9. The summed E-state index contributed by atoms with van der Waals surface area (Å²) in [5.41, 5.74) is 0. The quantitative estimate of drug-likeness (QED) is 0.422. The zero-order valence-electron chi connectivity index (χ0n) is 9.19. The number of hydrogen-bond acceptors (Lipinski definition) is 4. The minimum atomic E-state index is 0.00676. The second kappa shape index (κ2) is 8.07. The van der Waals surface area contributed by atoms with Crippen molar-refractivity contribution >= 4 is 22.1 Å². The van der Waals surface area contributed by atoms with Crippen molar-refractivity contribution in [1.82, 2.24) is 5.01 Å². The van der Waals surface area contributed by atoms with Crippen molar-refractivity contribution in [2.24, 2.45) is 5.10 Å². The molecule has 0 saturated carbocycles. The first-order valence-electron chi connectivity index (χ1n) is 5.35. The first kappa shape index (κ1) is 12.9. The molecule has 0 radical (unpaired) electrons. The molecule has 0 aromatic heterocycles. The molecule has 0 aromatic rings. The lowest BCUT2D eigenvalue weighted by Gasteiger charge is -2.23. The predicted molar refractivity (Wildman–Crippen MR) is 64.5 cm³/mol. The Bertz CT molecular complexity index is 184. The fraction of sp³-hybridized carbons (Fsp3) is 0.900. The number of nitrogens with zero attached hydrogens (tertiary/aromatic N) is 2. The molecular weight excluding hydrogens is 260 g/mol. The van der Waals surface area contributed by atoms with E-state index in [9.17, 15) is 0 Å². The van der Waals surface area contributed by atoms with E-state index in [1.807, 2.05) is 18.3 Å². The van der Waals surface area contributed by atoms with Gasteiger partial charge in [0.2, 0.25) is 0 Å². The number of halogens is 1. The van der Waals surface area contributed by atoms with Gasteiger partial charge in [-0.2, -0.15) is 5.10 Å². The smallest absolute Gasteiger partial charge is 0.157 e. The van der Waals surface area contributed by atoms with Gasteiger partial charge in [0.25, 0.3) is 0 Å². The van der Waals surface area contributed by atoms with Crippen LogP contribution in [-0.2, 0) is 9.47 Å². The Morgan fingerprint density at radius 1 is 1.60 bits per heavy atom. The highest BCUT2D eigenvalue weighted by atomic mass is 79.9. The Hall–Kier alpha value is -0.130. The normalized spacial score (nSPS) is 22.1. The highest BCUT2D eigenvalue weighted by Crippen LogP contribution is 2.13. The first-order valence-corrected chi connectivity index (χ1v) is 6.48. The van der Waals surface area contributed by atoms with E-state index in [0.29, 0.717) is 6.61 Å². The lowest BCUT2D eigenvalue weighted by Crippen LogP contribution is -2.26. The molecule has 1 saturated heterocycles. The number of ether oxygens (including phenoxy) is 2. The second-order valence-corrected chi connectivity index (χ2v) is 4.15. The van der Waals surface area contributed by atoms with E-state index < -0.39 is 0 Å². The van der Waals surface area contributed by atoms with E-state index in [-0.39, 0.29) is 6.29 Å². The third-order valence-corrected chi connectivity index (χ3v) is 2.49. The van der Waals surface area contributed by atoms with Gasteiger partial charge in [0.15, 0.2) is 6.29 Å². The van der Waals surface area contributed by atoms with Crippen molar-refractivity contribution in [3.8, 4) is 0 Å². The van der Waals surface area contributed by atoms with Gasteiger partial charge < -0.3 is 9.47 Å². The fourth-order valence-electron chi connectivity index (χ4n) is 1.39. The molecule has 1 aliphatic rings. The molecule has 15 heavy (non-hydrogen) atoms. The predicted octanol–water partition coefficient (Wildman–Crippen LogP) is 1.84. The van der Waals surface area contributed by atoms with Crippen LogP contribution in [0.25, 0.3) is 0 Å². The van der Waals surface area contributed by atoms with Crippen LogP contribution in [0.3, 0.4) is 0 Å². The minimum Gasteiger partial charge on any atom is -0.353 e. The summed E-state index contributed by atoms with van der Waals surface area (Å²) in [6.07, 6.45) is 5.22. The zero-order valence-corrected chi connectivity index (χ0v) is 10.8. The van der Waals surface area contributed by atoms with Crippen LogP contribution >= 0.6 is 15.9 Å². The maximum atomic E-state index is 5.58. The van der Waals surface area contributed by atoms with E-state index in [1.54, 1.807) is 0 Å². The SMILES string of the molecule is CN(CCOC1CCCCO1)/N=C\CBr. The average Bonchev–Trinajstić information content (AvgIpc) is 2.28. The van der Waals surface area contributed by atoms with Gasteiger partial charge in [-0.1, -0.05) is 15.9 Å². The Balaban J connectivity index is 2.01. The number of likely N-dealkylation sites (N-methyl/N-ethyl adjacent to an activating group) is 1. The van der Waals surface area contributed by atoms with Crippen molar-refractivity contribution in [1.29, 1.82) is 0 Å². The van der Waals surface area contributed by atoms with Crippen LogP contribution in [0.2, 0.25) is 0 Å². The monoisotopic (exact) mass is 278 g/mol. The summed E-state index contributed by atoms with van der Waals surface area (Å²) in [6.45, 7) is 2.30. The fourth-order valence-corrected chi connectivity index (χ4v) is 1.52. The van der Waals surface area contributed by atoms with Gasteiger partial charge in [0.05, 0.1) is 13.2 Å². The Labute approximate surface area is 99.7 Å². The number of hydrogen-bond donors (Lipinski definition) is 0. The summed E-state index contributed by atoms with van der Waals surface area (Å²) in [4.78, 5) is 0. The molecule has 1 rings (SSSR count). The maximum absolute atomic E-state index is 5.58. The molecule has 1 fully saturated rings. The molecule has 0 aliphatic carbocycles. The van der Waals surface area contributed by atoms with Crippen molar-refractivity contribution in [3.05, 3.63) is 0 Å². The molecule has 0 spiro atoms. The van der Waals surface area contributed by atoms with Crippen molar-refractivity contribution in [2.45, 2.75) is 25.6 Å². The summed E-state index contributed by atoms with van der Waals surface area (Å²) >= 11 is 3.28. The topological polar surface area (TPSA) is 34.1 Å². The molecule has 1 unspecified atom stereocenters. The molecule has 5 heteroatoms. The lowest BCUT2D eigenvalue weighted by molar-refractivity contribution is -0.163. The summed E-state index contributed by atoms with van der Waals surface area (Å²) in [5, 5.41) is 6.81. The summed E-state index contributed by atoms with van der Waals surface area (Å²) in [7, 11) is 1.93. The standard InChI is InChI=1S/C10H19BrN2O2/c1-13(12-6-5-11)7-9-15-10-4-2-3-8-14-10/h6,10H,2-5,7-9H2,1H3/b12-6-. The molecule has 1 aliphatic heterocycles. The van der Waals surface area contributed by atoms with Gasteiger partial charge in [0, 0.05) is 25.2 Å². The van der Waals surface area contributed by atoms with Crippen LogP contribution in [0, 0.1) is 0 Å². The van der Waals surface area contributed by atoms with Gasteiger partial charge in [-0.05, 0) is 19.3 Å². The second-order valence-electron chi connectivity index (χ2n) is 3.50. The van der Waals surface area contributed by atoms with Gasteiger partial charge in [-0.25, -0.2) is 0 Å². The molecule has 0 bridgehead atoms. The highest BCUT2D eigenvalue weighted by Gasteiger charge is 2.13. The van der Waals surface area contributed by atoms with Crippen molar-refractivity contribution in [3.63, 3.8) is 0 Å². The third kappa shape index (κ3) is 6.12. The molecule has 1 atom stereocenters. The number of hydrazone groups is 1. The van der Waals surface area contributed by atoms with E-state index in [4.69, 9.17) is 9.47 Å². The molecule has 1 heterocycles. The summed E-state index contributed by atoms with van der Waals surface area (Å²) in [5.74, 6) is 0. The van der Waals surface area contributed by atoms with Crippen LogP contribution in [0.4, 0.5) is 0 Å². The molecular formula is C10H19BrN2O2. The highest BCUT2D eigenvalue weighted by molar-refractivity contribution is 9.09. The van der Waals surface area contributed by atoms with Crippen LogP contribution in [-0.4, -0.2) is 49.6 Å². The van der Waals surface area contributed by atoms with Crippen LogP contribution in [0.1, 0.15) is 19.3 Å². The van der Waals surface area contributed by atoms with Gasteiger partial charge in [-0.3, -0.25) is 5.01 Å². The Kier molecular flexibility index (Phi) is 6.96. The third-order valence-electron chi connectivity index (χ3n) is 2.20. The molecule has 0 amide bonds. The summed E-state index contributed by atoms with van der Waals surface area (Å²) in [6, 6.07) is 0. The average molecular weight is 279 g/mol. The Morgan fingerprint density at radius 2 is 2.47 bits per heavy atom. The number of alkyl halides is 1. The largest absolute Gasteiger partial charge is 0.353 e. The van der Waals surface area contributed by atoms with E-state index in [0.717, 1.165) is 31.3 Å². The van der Waals surface area contributed by atoms with Crippen molar-refractivity contribution < 1.29 is 9.47 Å². The lowest BCUT2D eigenvalue weighted by atomic mass is 10.2. The summed E-state index contributed by atoms with van der Waals surface area (Å²) < 4.78 is 11.0. The first-order chi connectivity index (χ1) is 7.33. The molecule has 0 N–H and O–H groups in total. The minimum absolute atomic E-state index is 0.00676. The van der Waals surface area contributed by atoms with Crippen molar-refractivity contribution in [2.75, 3.05) is 32.1 Å². The number of rotatable bonds is 6. The van der Waals surface area contributed by atoms with Crippen LogP contribution in [0.5, 0.6) is 0 Å². The molecule has 4 nitrogen and oxygen atoms in total.